The molecule has 0 bridgehead atoms. The number of ether oxygens (including phenoxy) is 1. The van der Waals surface area contributed by atoms with E-state index >= 15 is 0 Å². The van der Waals surface area contributed by atoms with Crippen molar-refractivity contribution >= 4 is 23.0 Å². The van der Waals surface area contributed by atoms with E-state index in [4.69, 9.17) is 4.74 Å². The Morgan fingerprint density at radius 3 is 2.60 bits per heavy atom. The highest BCUT2D eigenvalue weighted by Crippen LogP contribution is 2.27. The van der Waals surface area contributed by atoms with Crippen molar-refractivity contribution in [2.75, 3.05) is 12.4 Å². The molecule has 1 aromatic heterocycles. The Labute approximate surface area is 123 Å². The van der Waals surface area contributed by atoms with Gasteiger partial charge >= 0.3 is 5.97 Å². The zero-order valence-corrected chi connectivity index (χ0v) is 13.0. The number of aryl methyl sites for hydroxylation is 2. The standard InChI is InChI=1S/C16H19NO2S/c1-10-5-7-13(16(18)19-4)9-14(10)17-12(3)15-8-6-11(2)20-15/h5-9,12,17H,1-4H3. The lowest BCUT2D eigenvalue weighted by Gasteiger charge is -2.16. The SMILES string of the molecule is COC(=O)c1ccc(C)c(NC(C)c2ccc(C)s2)c1. The van der Waals surface area contributed by atoms with E-state index in [2.05, 4.69) is 31.3 Å². The van der Waals surface area contributed by atoms with Gasteiger partial charge in [-0.05, 0) is 50.6 Å². The van der Waals surface area contributed by atoms with Crippen molar-refractivity contribution in [3.63, 3.8) is 0 Å². The number of hydrogen-bond donors (Lipinski definition) is 1. The molecule has 0 aliphatic carbocycles. The first-order valence-electron chi connectivity index (χ1n) is 6.53. The molecule has 1 unspecified atom stereocenters. The fraction of sp³-hybridized carbons (Fsp3) is 0.312. The highest BCUT2D eigenvalue weighted by Gasteiger charge is 2.12. The number of nitrogens with one attached hydrogen (secondary N) is 1. The highest BCUT2D eigenvalue weighted by atomic mass is 32.1. The van der Waals surface area contributed by atoms with Crippen LogP contribution < -0.4 is 5.32 Å². The Balaban J connectivity index is 2.22. The summed E-state index contributed by atoms with van der Waals surface area (Å²) in [4.78, 5) is 14.2. The van der Waals surface area contributed by atoms with E-state index in [1.54, 1.807) is 17.4 Å². The predicted molar refractivity (Wildman–Crippen MR) is 83.6 cm³/mol. The van der Waals surface area contributed by atoms with Crippen molar-refractivity contribution in [1.29, 1.82) is 0 Å². The number of methoxy groups -OCH3 is 1. The molecule has 2 rings (SSSR count). The van der Waals surface area contributed by atoms with Gasteiger partial charge in [-0.15, -0.1) is 11.3 Å². The fourth-order valence-electron chi connectivity index (χ4n) is 2.01. The van der Waals surface area contributed by atoms with E-state index in [0.29, 0.717) is 5.56 Å². The van der Waals surface area contributed by atoms with Gasteiger partial charge < -0.3 is 10.1 Å². The fourth-order valence-corrected chi connectivity index (χ4v) is 2.89. The number of carbonyl (C=O) groups is 1. The van der Waals surface area contributed by atoms with E-state index < -0.39 is 0 Å². The van der Waals surface area contributed by atoms with Crippen LogP contribution in [0.15, 0.2) is 30.3 Å². The predicted octanol–water partition coefficient (Wildman–Crippen LogP) is 4.32. The molecule has 0 radical (unpaired) electrons. The second-order valence-corrected chi connectivity index (χ2v) is 6.16. The van der Waals surface area contributed by atoms with Crippen molar-refractivity contribution in [2.24, 2.45) is 0 Å². The Morgan fingerprint density at radius 1 is 1.25 bits per heavy atom. The smallest absolute Gasteiger partial charge is 0.337 e. The molecule has 0 amide bonds. The summed E-state index contributed by atoms with van der Waals surface area (Å²) in [6.07, 6.45) is 0. The van der Waals surface area contributed by atoms with Crippen LogP contribution >= 0.6 is 11.3 Å². The molecule has 1 N–H and O–H groups in total. The van der Waals surface area contributed by atoms with E-state index in [-0.39, 0.29) is 12.0 Å². The Bertz CT molecular complexity index is 619. The maximum absolute atomic E-state index is 11.6. The van der Waals surface area contributed by atoms with Gasteiger partial charge in [0.25, 0.3) is 0 Å². The van der Waals surface area contributed by atoms with Crippen molar-refractivity contribution in [1.82, 2.24) is 0 Å². The van der Waals surface area contributed by atoms with Gasteiger partial charge in [0.1, 0.15) is 0 Å². The molecule has 1 atom stereocenters. The van der Waals surface area contributed by atoms with Crippen molar-refractivity contribution in [3.8, 4) is 0 Å². The maximum Gasteiger partial charge on any atom is 0.337 e. The zero-order chi connectivity index (χ0) is 14.7. The summed E-state index contributed by atoms with van der Waals surface area (Å²) in [7, 11) is 1.40. The van der Waals surface area contributed by atoms with Crippen LogP contribution in [0.1, 0.15) is 38.6 Å². The monoisotopic (exact) mass is 289 g/mol. The summed E-state index contributed by atoms with van der Waals surface area (Å²) < 4.78 is 4.76. The molecule has 1 heterocycles. The van der Waals surface area contributed by atoms with Gasteiger partial charge in [0.15, 0.2) is 0 Å². The van der Waals surface area contributed by atoms with Crippen LogP contribution in [0.3, 0.4) is 0 Å². The van der Waals surface area contributed by atoms with E-state index in [9.17, 15) is 4.79 Å². The van der Waals surface area contributed by atoms with Crippen LogP contribution in [-0.2, 0) is 4.74 Å². The van der Waals surface area contributed by atoms with Gasteiger partial charge in [0, 0.05) is 15.4 Å². The summed E-state index contributed by atoms with van der Waals surface area (Å²) in [5, 5.41) is 3.46. The second-order valence-electron chi connectivity index (χ2n) is 4.84. The number of anilines is 1. The summed E-state index contributed by atoms with van der Waals surface area (Å²) in [5.41, 5.74) is 2.64. The number of carbonyl (C=O) groups excluding carboxylic acids is 1. The minimum atomic E-state index is -0.312. The van der Waals surface area contributed by atoms with E-state index in [1.807, 2.05) is 19.1 Å². The molecular formula is C16H19NO2S. The minimum absolute atomic E-state index is 0.209. The first-order chi connectivity index (χ1) is 9.51. The quantitative estimate of drug-likeness (QED) is 0.852. The molecule has 3 nitrogen and oxygen atoms in total. The van der Waals surface area contributed by atoms with Gasteiger partial charge in [-0.1, -0.05) is 6.07 Å². The molecule has 0 aliphatic heterocycles. The lowest BCUT2D eigenvalue weighted by atomic mass is 10.1. The molecule has 2 aromatic rings. The molecule has 20 heavy (non-hydrogen) atoms. The molecule has 1 aromatic carbocycles. The lowest BCUT2D eigenvalue weighted by Crippen LogP contribution is -2.08. The average molecular weight is 289 g/mol. The summed E-state index contributed by atoms with van der Waals surface area (Å²) in [6.45, 7) is 6.25. The van der Waals surface area contributed by atoms with Crippen LogP contribution in [0.5, 0.6) is 0 Å². The third kappa shape index (κ3) is 3.20. The van der Waals surface area contributed by atoms with Gasteiger partial charge in [-0.2, -0.15) is 0 Å². The zero-order valence-electron chi connectivity index (χ0n) is 12.2. The van der Waals surface area contributed by atoms with Crippen LogP contribution in [0.25, 0.3) is 0 Å². The first kappa shape index (κ1) is 14.6. The van der Waals surface area contributed by atoms with Crippen molar-refractivity contribution < 1.29 is 9.53 Å². The highest BCUT2D eigenvalue weighted by molar-refractivity contribution is 7.12. The largest absolute Gasteiger partial charge is 0.465 e. The summed E-state index contributed by atoms with van der Waals surface area (Å²) >= 11 is 1.78. The van der Waals surface area contributed by atoms with Gasteiger partial charge in [0.05, 0.1) is 18.7 Å². The van der Waals surface area contributed by atoms with Crippen molar-refractivity contribution in [3.05, 3.63) is 51.2 Å². The third-order valence-electron chi connectivity index (χ3n) is 3.22. The Kier molecular flexibility index (Phi) is 4.45. The molecule has 0 saturated heterocycles. The number of thiophene rings is 1. The van der Waals surface area contributed by atoms with Gasteiger partial charge in [-0.3, -0.25) is 0 Å². The minimum Gasteiger partial charge on any atom is -0.465 e. The van der Waals surface area contributed by atoms with Crippen LogP contribution in [0.2, 0.25) is 0 Å². The number of rotatable bonds is 4. The number of esters is 1. The molecule has 4 heteroatoms. The first-order valence-corrected chi connectivity index (χ1v) is 7.34. The van der Waals surface area contributed by atoms with Gasteiger partial charge in [-0.25, -0.2) is 4.79 Å². The summed E-state index contributed by atoms with van der Waals surface area (Å²) in [5.74, 6) is -0.312. The molecular weight excluding hydrogens is 270 g/mol. The third-order valence-corrected chi connectivity index (χ3v) is 4.40. The Hall–Kier alpha value is -1.81. The topological polar surface area (TPSA) is 38.3 Å². The van der Waals surface area contributed by atoms with E-state index in [1.165, 1.54) is 16.9 Å². The normalized spacial score (nSPS) is 12.0. The molecule has 106 valence electrons. The van der Waals surface area contributed by atoms with Gasteiger partial charge in [0.2, 0.25) is 0 Å². The lowest BCUT2D eigenvalue weighted by molar-refractivity contribution is 0.0601. The molecule has 0 aliphatic rings. The van der Waals surface area contributed by atoms with Crippen LogP contribution in [-0.4, -0.2) is 13.1 Å². The van der Waals surface area contributed by atoms with Crippen molar-refractivity contribution in [2.45, 2.75) is 26.8 Å². The summed E-state index contributed by atoms with van der Waals surface area (Å²) in [6, 6.07) is 10.0. The average Bonchev–Trinajstić information content (AvgIpc) is 2.87. The second kappa shape index (κ2) is 6.09. The number of hydrogen-bond acceptors (Lipinski definition) is 4. The molecule has 0 saturated carbocycles. The molecule has 0 fully saturated rings. The molecule has 0 spiro atoms. The number of benzene rings is 1. The van der Waals surface area contributed by atoms with E-state index in [0.717, 1.165) is 11.3 Å². The Morgan fingerprint density at radius 2 is 2.00 bits per heavy atom. The van der Waals surface area contributed by atoms with Crippen LogP contribution in [0, 0.1) is 13.8 Å². The van der Waals surface area contributed by atoms with Crippen LogP contribution in [0.4, 0.5) is 5.69 Å². The maximum atomic E-state index is 11.6.